The molecule has 0 bridgehead atoms. The monoisotopic (exact) mass is 868 g/mol. The van der Waals surface area contributed by atoms with Gasteiger partial charge in [0.25, 0.3) is 0 Å². The van der Waals surface area contributed by atoms with Crippen LogP contribution in [-0.4, -0.2) is 35.5 Å². The van der Waals surface area contributed by atoms with Crippen molar-refractivity contribution in [3.8, 4) is 34.4 Å². The molecule has 2 N–H and O–H groups in total. The molecule has 3 aliphatic rings. The number of aryl methyl sites for hydroxylation is 1. The first-order valence-corrected chi connectivity index (χ1v) is 20.7. The molecule has 0 aromatic heterocycles. The molecule has 6 aromatic rings. The van der Waals surface area contributed by atoms with Crippen molar-refractivity contribution in [2.75, 3.05) is 6.61 Å². The smallest absolute Gasteiger partial charge is 0.390 e. The Morgan fingerprint density at radius 3 is 2.31 bits per heavy atom. The van der Waals surface area contributed by atoms with E-state index >= 15 is 4.39 Å². The first-order chi connectivity index (χ1) is 30.0. The van der Waals surface area contributed by atoms with E-state index in [9.17, 15) is 4.79 Å². The average molecular weight is 870 g/mol. The molecule has 312 valence electrons. The van der Waals surface area contributed by atoms with Crippen molar-refractivity contribution in [3.05, 3.63) is 182 Å². The van der Waals surface area contributed by atoms with Gasteiger partial charge in [0.15, 0.2) is 17.6 Å². The SMILES string of the molecule is Cc1cccc(F)c1CN1Cc2cc3c(cc2C[C@H]1C(=O)NC1(Cc2ccc(-c4ccc(C#N)cc4)cc2)OC(=N)O1)OCC(c1ccc(OCc2ccc(Cl)c(Cl)c2)cc1)O3. The number of nitrogens with zero attached hydrogens (tertiary/aromatic N) is 2. The van der Waals surface area contributed by atoms with Gasteiger partial charge in [0.1, 0.15) is 24.8 Å². The Kier molecular flexibility index (Phi) is 11.2. The summed E-state index contributed by atoms with van der Waals surface area (Å²) in [7, 11) is 0. The molecule has 10 nitrogen and oxygen atoms in total. The van der Waals surface area contributed by atoms with Crippen LogP contribution in [0.1, 0.15) is 50.6 Å². The van der Waals surface area contributed by atoms with Gasteiger partial charge in [-0.25, -0.2) is 9.80 Å². The second-order valence-corrected chi connectivity index (χ2v) is 16.4. The molecule has 0 radical (unpaired) electrons. The maximum atomic E-state index is 15.4. The van der Waals surface area contributed by atoms with E-state index in [1.807, 2.05) is 96.8 Å². The standard InChI is InChI=1S/C49H39Cl2FN4O6/c1-29-3-2-4-42(52)39(29)26-56-25-37-22-45-44(59-28-46(60-45)35-14-16-38(17-15-35)58-27-32-9-18-40(50)41(51)19-32)21-36(37)20-43(56)47(57)55-49(61-48(54)62-49)23-30-5-10-33(11-6-30)34-12-7-31(24-53)8-13-34/h2-19,21-22,43,46,54H,20,23,25-28H2,1H3,(H,55,57)/t43-,46?,49?/m0/s1. The van der Waals surface area contributed by atoms with Gasteiger partial charge in [0.05, 0.1) is 34.1 Å². The lowest BCUT2D eigenvalue weighted by Gasteiger charge is -2.44. The Morgan fingerprint density at radius 2 is 1.61 bits per heavy atom. The minimum Gasteiger partial charge on any atom is -0.489 e. The van der Waals surface area contributed by atoms with E-state index < -0.39 is 23.9 Å². The predicted molar refractivity (Wildman–Crippen MR) is 231 cm³/mol. The molecule has 3 aliphatic heterocycles. The van der Waals surface area contributed by atoms with E-state index in [-0.39, 0.29) is 37.9 Å². The van der Waals surface area contributed by atoms with E-state index in [0.29, 0.717) is 51.6 Å². The summed E-state index contributed by atoms with van der Waals surface area (Å²) in [5.41, 5.74) is 8.16. The number of halogens is 3. The van der Waals surface area contributed by atoms with E-state index in [2.05, 4.69) is 11.4 Å². The highest BCUT2D eigenvalue weighted by molar-refractivity contribution is 6.42. The zero-order valence-electron chi connectivity index (χ0n) is 33.4. The summed E-state index contributed by atoms with van der Waals surface area (Å²) in [6, 6.07) is 38.2. The Labute approximate surface area is 367 Å². The van der Waals surface area contributed by atoms with Crippen LogP contribution < -0.4 is 19.5 Å². The Bertz CT molecular complexity index is 2700. The largest absolute Gasteiger partial charge is 0.489 e. The number of ether oxygens (including phenoxy) is 5. The summed E-state index contributed by atoms with van der Waals surface area (Å²) < 4.78 is 45.6. The van der Waals surface area contributed by atoms with Gasteiger partial charge < -0.3 is 23.7 Å². The van der Waals surface area contributed by atoms with E-state index in [1.165, 1.54) is 6.07 Å². The average Bonchev–Trinajstić information content (AvgIpc) is 3.27. The van der Waals surface area contributed by atoms with Crippen LogP contribution in [0.5, 0.6) is 17.2 Å². The zero-order valence-corrected chi connectivity index (χ0v) is 34.9. The van der Waals surface area contributed by atoms with Crippen LogP contribution >= 0.6 is 23.2 Å². The van der Waals surface area contributed by atoms with Crippen molar-refractivity contribution in [2.45, 2.75) is 57.5 Å². The van der Waals surface area contributed by atoms with Crippen molar-refractivity contribution >= 4 is 35.2 Å². The van der Waals surface area contributed by atoms with Crippen LogP contribution in [0.4, 0.5) is 4.39 Å². The van der Waals surface area contributed by atoms with Crippen LogP contribution in [0.3, 0.4) is 0 Å². The third-order valence-corrected chi connectivity index (χ3v) is 12.1. The number of hydrogen-bond acceptors (Lipinski definition) is 9. The second-order valence-electron chi connectivity index (χ2n) is 15.5. The van der Waals surface area contributed by atoms with Gasteiger partial charge >= 0.3 is 12.0 Å². The molecular weight excluding hydrogens is 830 g/mol. The van der Waals surface area contributed by atoms with Gasteiger partial charge in [-0.15, -0.1) is 0 Å². The summed E-state index contributed by atoms with van der Waals surface area (Å²) in [6.45, 7) is 2.93. The number of fused-ring (bicyclic) bond motifs is 2. The third-order valence-electron chi connectivity index (χ3n) is 11.4. The highest BCUT2D eigenvalue weighted by Crippen LogP contribution is 2.42. The van der Waals surface area contributed by atoms with Gasteiger partial charge in [-0.3, -0.25) is 15.0 Å². The molecule has 0 aliphatic carbocycles. The fraction of sp³-hybridized carbons (Fsp3) is 0.204. The minimum absolute atomic E-state index is 0.124. The number of rotatable bonds is 11. The van der Waals surface area contributed by atoms with Crippen molar-refractivity contribution < 1.29 is 32.9 Å². The first kappa shape index (κ1) is 40.8. The highest BCUT2D eigenvalue weighted by Gasteiger charge is 2.50. The van der Waals surface area contributed by atoms with E-state index in [0.717, 1.165) is 44.5 Å². The number of amides is 1. The predicted octanol–water partition coefficient (Wildman–Crippen LogP) is 9.99. The van der Waals surface area contributed by atoms with Crippen LogP contribution in [0.15, 0.2) is 121 Å². The molecule has 13 heteroatoms. The molecule has 1 fully saturated rings. The third kappa shape index (κ3) is 8.63. The van der Waals surface area contributed by atoms with Crippen molar-refractivity contribution in [1.82, 2.24) is 10.2 Å². The lowest BCUT2D eigenvalue weighted by Crippen LogP contribution is -2.66. The summed E-state index contributed by atoms with van der Waals surface area (Å²) in [6.07, 6.45) is -0.378. The number of carbonyl (C=O) groups excluding carboxylic acids is 1. The van der Waals surface area contributed by atoms with E-state index in [4.69, 9.17) is 57.6 Å². The molecule has 0 spiro atoms. The number of hydrogen-bond donors (Lipinski definition) is 2. The normalized spacial score (nSPS) is 18.9. The van der Waals surface area contributed by atoms with Gasteiger partial charge in [-0.2, -0.15) is 5.26 Å². The zero-order chi connectivity index (χ0) is 43.0. The van der Waals surface area contributed by atoms with Crippen molar-refractivity contribution in [3.63, 3.8) is 0 Å². The van der Waals surface area contributed by atoms with Crippen LogP contribution in [0, 0.1) is 29.5 Å². The highest BCUT2D eigenvalue weighted by atomic mass is 35.5. The molecule has 0 saturated carbocycles. The number of carbonyl (C=O) groups is 1. The number of benzene rings is 6. The van der Waals surface area contributed by atoms with Crippen LogP contribution in [0.2, 0.25) is 10.0 Å². The fourth-order valence-corrected chi connectivity index (χ4v) is 8.33. The molecule has 2 atom stereocenters. The lowest BCUT2D eigenvalue weighted by molar-refractivity contribution is -0.261. The van der Waals surface area contributed by atoms with Gasteiger partial charge in [0, 0.05) is 18.7 Å². The molecule has 6 aromatic carbocycles. The summed E-state index contributed by atoms with van der Waals surface area (Å²) >= 11 is 12.2. The Hall–Kier alpha value is -6.58. The van der Waals surface area contributed by atoms with Crippen molar-refractivity contribution in [2.24, 2.45) is 0 Å². The van der Waals surface area contributed by atoms with Gasteiger partial charge in [0.2, 0.25) is 5.91 Å². The van der Waals surface area contributed by atoms with Crippen LogP contribution in [0.25, 0.3) is 11.1 Å². The Morgan fingerprint density at radius 1 is 0.903 bits per heavy atom. The number of nitriles is 1. The maximum absolute atomic E-state index is 15.4. The molecular formula is C49H39Cl2FN4O6. The van der Waals surface area contributed by atoms with Crippen molar-refractivity contribution in [1.29, 1.82) is 10.7 Å². The topological polar surface area (TPSA) is 126 Å². The molecule has 1 unspecified atom stereocenters. The minimum atomic E-state index is -1.61. The summed E-state index contributed by atoms with van der Waals surface area (Å²) in [5.74, 6) is -0.537. The Balaban J connectivity index is 0.920. The first-order valence-electron chi connectivity index (χ1n) is 20.0. The van der Waals surface area contributed by atoms with Gasteiger partial charge in [-0.1, -0.05) is 89.9 Å². The molecule has 9 rings (SSSR count). The van der Waals surface area contributed by atoms with Crippen LogP contribution in [-0.2, 0) is 46.8 Å². The second kappa shape index (κ2) is 17.1. The molecule has 62 heavy (non-hydrogen) atoms. The molecule has 3 heterocycles. The lowest BCUT2D eigenvalue weighted by atomic mass is 9.91. The summed E-state index contributed by atoms with van der Waals surface area (Å²) in [4.78, 5) is 16.4. The van der Waals surface area contributed by atoms with Gasteiger partial charge in [-0.05, 0) is 112 Å². The molecule has 1 saturated heterocycles. The quantitative estimate of drug-likeness (QED) is 0.132. The fourth-order valence-electron chi connectivity index (χ4n) is 8.01. The number of nitrogens with one attached hydrogen (secondary N) is 2. The molecule has 1 amide bonds. The van der Waals surface area contributed by atoms with E-state index in [1.54, 1.807) is 30.3 Å². The summed E-state index contributed by atoms with van der Waals surface area (Å²) in [5, 5.41) is 21.0. The maximum Gasteiger partial charge on any atom is 0.390 e.